The Balaban J connectivity index is 3.04. The zero-order valence-electron chi connectivity index (χ0n) is 9.17. The van der Waals surface area contributed by atoms with E-state index in [1.54, 1.807) is 12.1 Å². The van der Waals surface area contributed by atoms with Crippen LogP contribution in [0.4, 0.5) is 0 Å². The van der Waals surface area contributed by atoms with Crippen LogP contribution in [0, 0.1) is 0 Å². The third-order valence-corrected chi connectivity index (χ3v) is 2.35. The molecule has 5 nitrogen and oxygen atoms in total. The molecular formula is C12H12O5. The van der Waals surface area contributed by atoms with Crippen molar-refractivity contribution in [3.8, 4) is 5.75 Å². The first-order valence-corrected chi connectivity index (χ1v) is 4.86. The van der Waals surface area contributed by atoms with Gasteiger partial charge in [0.25, 0.3) is 0 Å². The molecule has 0 aliphatic rings. The van der Waals surface area contributed by atoms with Crippen molar-refractivity contribution in [3.63, 3.8) is 0 Å². The summed E-state index contributed by atoms with van der Waals surface area (Å²) in [6.07, 6.45) is 0.00769. The molecule has 3 N–H and O–H groups in total. The van der Waals surface area contributed by atoms with Crippen molar-refractivity contribution in [2.45, 2.75) is 13.3 Å². The summed E-state index contributed by atoms with van der Waals surface area (Å²) in [4.78, 5) is 21.7. The van der Waals surface area contributed by atoms with Gasteiger partial charge >= 0.3 is 11.9 Å². The summed E-state index contributed by atoms with van der Waals surface area (Å²) in [5.41, 5.74) is 0.273. The van der Waals surface area contributed by atoms with E-state index in [-0.39, 0.29) is 23.3 Å². The number of aliphatic carboxylic acids is 2. The van der Waals surface area contributed by atoms with Crippen LogP contribution in [0.25, 0.3) is 0 Å². The molecule has 0 atom stereocenters. The lowest BCUT2D eigenvalue weighted by molar-refractivity contribution is -0.136. The highest BCUT2D eigenvalue weighted by molar-refractivity contribution is 5.98. The summed E-state index contributed by atoms with van der Waals surface area (Å²) in [7, 11) is 0. The minimum Gasteiger partial charge on any atom is -0.508 e. The Labute approximate surface area is 97.6 Å². The van der Waals surface area contributed by atoms with Gasteiger partial charge in [0.15, 0.2) is 0 Å². The Hall–Kier alpha value is -2.30. The topological polar surface area (TPSA) is 94.8 Å². The van der Waals surface area contributed by atoms with Crippen molar-refractivity contribution in [1.29, 1.82) is 0 Å². The van der Waals surface area contributed by atoms with Gasteiger partial charge in [-0.15, -0.1) is 0 Å². The predicted molar refractivity (Wildman–Crippen MR) is 59.8 cm³/mol. The normalized spacial score (nSPS) is 11.8. The van der Waals surface area contributed by atoms with Gasteiger partial charge in [0.2, 0.25) is 0 Å². The Morgan fingerprint density at radius 1 is 1.06 bits per heavy atom. The number of aromatic hydroxyl groups is 1. The molecule has 90 valence electrons. The van der Waals surface area contributed by atoms with Gasteiger partial charge in [-0.05, 0) is 24.6 Å². The molecule has 0 saturated heterocycles. The van der Waals surface area contributed by atoms with E-state index in [0.717, 1.165) is 0 Å². The van der Waals surface area contributed by atoms with Gasteiger partial charge in [0.1, 0.15) is 5.75 Å². The number of hydrogen-bond donors (Lipinski definition) is 3. The number of carbonyl (C=O) groups is 2. The van der Waals surface area contributed by atoms with E-state index in [4.69, 9.17) is 15.3 Å². The molecule has 0 amide bonds. The highest BCUT2D eigenvalue weighted by Gasteiger charge is 2.16. The molecule has 0 aromatic heterocycles. The molecule has 0 bridgehead atoms. The highest BCUT2D eigenvalue weighted by Crippen LogP contribution is 2.16. The van der Waals surface area contributed by atoms with E-state index >= 15 is 0 Å². The van der Waals surface area contributed by atoms with Crippen LogP contribution in [0.5, 0.6) is 5.75 Å². The summed E-state index contributed by atoms with van der Waals surface area (Å²) >= 11 is 0. The predicted octanol–water partition coefficient (Wildman–Crippen LogP) is 1.42. The number of phenols is 1. The molecule has 5 heteroatoms. The standard InChI is InChI=1S/C12H12O5/c1-7(11(14)15)10(12(16)17)6-8-2-4-9(13)5-3-8/h2-5,13H,6H2,1H3,(H,14,15)(H,16,17). The Kier molecular flexibility index (Phi) is 3.87. The largest absolute Gasteiger partial charge is 0.508 e. The quantitative estimate of drug-likeness (QED) is 0.687. The fraction of sp³-hybridized carbons (Fsp3) is 0.167. The third-order valence-electron chi connectivity index (χ3n) is 2.35. The molecule has 0 fully saturated rings. The highest BCUT2D eigenvalue weighted by atomic mass is 16.4. The smallest absolute Gasteiger partial charge is 0.332 e. The van der Waals surface area contributed by atoms with Gasteiger partial charge in [0.05, 0.1) is 5.57 Å². The Morgan fingerprint density at radius 3 is 2.00 bits per heavy atom. The van der Waals surface area contributed by atoms with E-state index in [9.17, 15) is 9.59 Å². The van der Waals surface area contributed by atoms with Crippen LogP contribution in [-0.4, -0.2) is 27.3 Å². The lowest BCUT2D eigenvalue weighted by atomic mass is 10.0. The zero-order valence-corrected chi connectivity index (χ0v) is 9.17. The number of rotatable bonds is 4. The van der Waals surface area contributed by atoms with Crippen molar-refractivity contribution in [2.24, 2.45) is 0 Å². The second-order valence-corrected chi connectivity index (χ2v) is 3.56. The van der Waals surface area contributed by atoms with E-state index in [1.807, 2.05) is 0 Å². The molecule has 0 saturated carbocycles. The summed E-state index contributed by atoms with van der Waals surface area (Å²) in [6, 6.07) is 5.94. The van der Waals surface area contributed by atoms with Crippen molar-refractivity contribution in [3.05, 3.63) is 41.0 Å². The molecule has 0 spiro atoms. The Morgan fingerprint density at radius 2 is 1.59 bits per heavy atom. The van der Waals surface area contributed by atoms with Gasteiger partial charge in [-0.25, -0.2) is 9.59 Å². The fourth-order valence-electron chi connectivity index (χ4n) is 1.32. The van der Waals surface area contributed by atoms with Crippen molar-refractivity contribution in [2.75, 3.05) is 0 Å². The first-order valence-electron chi connectivity index (χ1n) is 4.86. The van der Waals surface area contributed by atoms with E-state index in [1.165, 1.54) is 19.1 Å². The van der Waals surface area contributed by atoms with Gasteiger partial charge < -0.3 is 15.3 Å². The molecule has 0 radical (unpaired) electrons. The van der Waals surface area contributed by atoms with Gasteiger partial charge in [-0.1, -0.05) is 12.1 Å². The van der Waals surface area contributed by atoms with Crippen molar-refractivity contribution >= 4 is 11.9 Å². The van der Waals surface area contributed by atoms with Crippen LogP contribution < -0.4 is 0 Å². The van der Waals surface area contributed by atoms with Crippen LogP contribution in [0.15, 0.2) is 35.4 Å². The van der Waals surface area contributed by atoms with Crippen molar-refractivity contribution < 1.29 is 24.9 Å². The molecule has 0 heterocycles. The fourth-order valence-corrected chi connectivity index (χ4v) is 1.32. The average molecular weight is 236 g/mol. The number of benzene rings is 1. The number of carboxylic acid groups (broad SMARTS) is 2. The molecule has 0 aliphatic carbocycles. The van der Waals surface area contributed by atoms with Crippen LogP contribution in [0.3, 0.4) is 0 Å². The lowest BCUT2D eigenvalue weighted by Gasteiger charge is -2.05. The zero-order chi connectivity index (χ0) is 13.0. The SMILES string of the molecule is CC(C(=O)O)=C(Cc1ccc(O)cc1)C(=O)O. The Bertz CT molecular complexity index is 470. The molecule has 17 heavy (non-hydrogen) atoms. The first kappa shape index (κ1) is 12.8. The summed E-state index contributed by atoms with van der Waals surface area (Å²) in [5, 5.41) is 26.8. The monoisotopic (exact) mass is 236 g/mol. The minimum absolute atomic E-state index is 0.00769. The van der Waals surface area contributed by atoms with E-state index in [2.05, 4.69) is 0 Å². The van der Waals surface area contributed by atoms with Crippen LogP contribution in [0.2, 0.25) is 0 Å². The summed E-state index contributed by atoms with van der Waals surface area (Å²) in [6.45, 7) is 1.26. The number of phenolic OH excluding ortho intramolecular Hbond substituents is 1. The summed E-state index contributed by atoms with van der Waals surface area (Å²) < 4.78 is 0. The average Bonchev–Trinajstić information content (AvgIpc) is 2.26. The second kappa shape index (κ2) is 5.16. The molecule has 1 aromatic rings. The molecule has 1 rings (SSSR count). The lowest BCUT2D eigenvalue weighted by Crippen LogP contribution is -2.11. The van der Waals surface area contributed by atoms with Crippen molar-refractivity contribution in [1.82, 2.24) is 0 Å². The van der Waals surface area contributed by atoms with Gasteiger partial charge in [0, 0.05) is 12.0 Å². The number of carboxylic acids is 2. The maximum atomic E-state index is 10.9. The molecule has 0 aliphatic heterocycles. The second-order valence-electron chi connectivity index (χ2n) is 3.56. The third kappa shape index (κ3) is 3.34. The van der Waals surface area contributed by atoms with Crippen LogP contribution in [-0.2, 0) is 16.0 Å². The molecular weight excluding hydrogens is 224 g/mol. The summed E-state index contributed by atoms with van der Waals surface area (Å²) in [5.74, 6) is -2.43. The van der Waals surface area contributed by atoms with Gasteiger partial charge in [-0.2, -0.15) is 0 Å². The molecule has 1 aromatic carbocycles. The number of hydrogen-bond acceptors (Lipinski definition) is 3. The first-order chi connectivity index (χ1) is 7.91. The van der Waals surface area contributed by atoms with Gasteiger partial charge in [-0.3, -0.25) is 0 Å². The maximum Gasteiger partial charge on any atom is 0.332 e. The van der Waals surface area contributed by atoms with Crippen LogP contribution >= 0.6 is 0 Å². The molecule has 0 unspecified atom stereocenters. The van der Waals surface area contributed by atoms with E-state index in [0.29, 0.717) is 5.56 Å². The van der Waals surface area contributed by atoms with E-state index < -0.39 is 11.9 Å². The maximum absolute atomic E-state index is 10.9. The minimum atomic E-state index is -1.25. The van der Waals surface area contributed by atoms with Crippen LogP contribution in [0.1, 0.15) is 12.5 Å².